The first kappa shape index (κ1) is 21.3. The summed E-state index contributed by atoms with van der Waals surface area (Å²) in [5, 5.41) is 15.0. The topological polar surface area (TPSA) is 134 Å². The van der Waals surface area contributed by atoms with E-state index in [1.165, 1.54) is 23.4 Å². The van der Waals surface area contributed by atoms with Crippen LogP contribution in [0.3, 0.4) is 0 Å². The van der Waals surface area contributed by atoms with E-state index in [0.717, 1.165) is 0 Å². The highest BCUT2D eigenvalue weighted by atomic mass is 16.6. The van der Waals surface area contributed by atoms with Gasteiger partial charge < -0.3 is 14.4 Å². The van der Waals surface area contributed by atoms with Crippen LogP contribution >= 0.6 is 0 Å². The van der Waals surface area contributed by atoms with Gasteiger partial charge in [-0.3, -0.25) is 29.2 Å². The summed E-state index contributed by atoms with van der Waals surface area (Å²) in [6.45, 7) is 5.08. The number of carbonyl (C=O) groups is 3. The van der Waals surface area contributed by atoms with Gasteiger partial charge in [0, 0.05) is 13.1 Å². The monoisotopic (exact) mass is 396 g/mol. The molecule has 28 heavy (non-hydrogen) atoms. The SMILES string of the molecule is CCOC(=O)C1CCN(C(=O)COC(=O)Cn2nc(C)c([N+](=O)[O-])c2C)CC1. The van der Waals surface area contributed by atoms with Gasteiger partial charge in [-0.1, -0.05) is 0 Å². The van der Waals surface area contributed by atoms with E-state index in [9.17, 15) is 24.5 Å². The Morgan fingerprint density at radius 3 is 2.39 bits per heavy atom. The van der Waals surface area contributed by atoms with E-state index in [1.807, 2.05) is 0 Å². The van der Waals surface area contributed by atoms with Crippen molar-refractivity contribution in [2.45, 2.75) is 40.2 Å². The highest BCUT2D eigenvalue weighted by Gasteiger charge is 2.29. The first-order chi connectivity index (χ1) is 13.2. The van der Waals surface area contributed by atoms with Crippen LogP contribution in [0.1, 0.15) is 31.2 Å². The fourth-order valence-electron chi connectivity index (χ4n) is 3.13. The molecule has 0 spiro atoms. The first-order valence-electron chi connectivity index (χ1n) is 9.03. The molecule has 154 valence electrons. The Bertz CT molecular complexity index is 766. The molecule has 2 rings (SSSR count). The van der Waals surface area contributed by atoms with Crippen LogP contribution in [0.2, 0.25) is 0 Å². The number of ether oxygens (including phenoxy) is 2. The first-order valence-corrected chi connectivity index (χ1v) is 9.03. The van der Waals surface area contributed by atoms with Gasteiger partial charge in [0.15, 0.2) is 6.61 Å². The van der Waals surface area contributed by atoms with E-state index in [2.05, 4.69) is 5.10 Å². The number of nitro groups is 1. The van der Waals surface area contributed by atoms with Crippen molar-refractivity contribution in [1.29, 1.82) is 0 Å². The zero-order chi connectivity index (χ0) is 20.8. The quantitative estimate of drug-likeness (QED) is 0.374. The number of rotatable bonds is 7. The number of aryl methyl sites for hydroxylation is 1. The predicted octanol–water partition coefficient (Wildman–Crippen LogP) is 0.753. The average molecular weight is 396 g/mol. The molecule has 0 saturated carbocycles. The van der Waals surface area contributed by atoms with Crippen molar-refractivity contribution in [2.24, 2.45) is 5.92 Å². The molecule has 11 heteroatoms. The maximum Gasteiger partial charge on any atom is 0.328 e. The molecule has 0 aromatic carbocycles. The maximum atomic E-state index is 12.2. The lowest BCUT2D eigenvalue weighted by molar-refractivity contribution is -0.386. The minimum Gasteiger partial charge on any atom is -0.466 e. The summed E-state index contributed by atoms with van der Waals surface area (Å²) in [5.41, 5.74) is 0.302. The number of hydrogen-bond acceptors (Lipinski definition) is 8. The number of likely N-dealkylation sites (tertiary alicyclic amines) is 1. The van der Waals surface area contributed by atoms with Gasteiger partial charge in [0.2, 0.25) is 0 Å². The number of piperidine rings is 1. The number of nitrogens with zero attached hydrogens (tertiary/aromatic N) is 4. The van der Waals surface area contributed by atoms with E-state index in [1.54, 1.807) is 6.92 Å². The highest BCUT2D eigenvalue weighted by molar-refractivity contribution is 5.81. The molecule has 1 saturated heterocycles. The second-order valence-electron chi connectivity index (χ2n) is 6.50. The molecule has 0 radical (unpaired) electrons. The summed E-state index contributed by atoms with van der Waals surface area (Å²) in [6, 6.07) is 0. The smallest absolute Gasteiger partial charge is 0.328 e. The lowest BCUT2D eigenvalue weighted by Crippen LogP contribution is -2.42. The molecule has 11 nitrogen and oxygen atoms in total. The number of amides is 1. The summed E-state index contributed by atoms with van der Waals surface area (Å²) in [4.78, 5) is 47.9. The molecule has 0 N–H and O–H groups in total. The van der Waals surface area contributed by atoms with Crippen LogP contribution in [0, 0.1) is 29.9 Å². The number of aromatic nitrogens is 2. The second-order valence-corrected chi connectivity index (χ2v) is 6.50. The van der Waals surface area contributed by atoms with E-state index in [0.29, 0.717) is 32.5 Å². The highest BCUT2D eigenvalue weighted by Crippen LogP contribution is 2.22. The van der Waals surface area contributed by atoms with E-state index < -0.39 is 17.5 Å². The number of esters is 2. The molecule has 1 fully saturated rings. The van der Waals surface area contributed by atoms with Gasteiger partial charge in [0.1, 0.15) is 17.9 Å². The molecule has 2 heterocycles. The van der Waals surface area contributed by atoms with Gasteiger partial charge in [-0.05, 0) is 33.6 Å². The molecule has 1 aromatic heterocycles. The number of carbonyl (C=O) groups excluding carboxylic acids is 3. The van der Waals surface area contributed by atoms with Crippen molar-refractivity contribution in [3.63, 3.8) is 0 Å². The minimum atomic E-state index is -0.713. The summed E-state index contributed by atoms with van der Waals surface area (Å²) < 4.78 is 11.2. The van der Waals surface area contributed by atoms with Gasteiger partial charge in [-0.2, -0.15) is 5.10 Å². The molecule has 1 aliphatic rings. The summed E-state index contributed by atoms with van der Waals surface area (Å²) in [5.74, 6) is -1.53. The molecule has 1 aromatic rings. The van der Waals surface area contributed by atoms with Crippen LogP contribution in [-0.2, 0) is 30.4 Å². The predicted molar refractivity (Wildman–Crippen MR) is 95.3 cm³/mol. The fourth-order valence-corrected chi connectivity index (χ4v) is 3.13. The van der Waals surface area contributed by atoms with Gasteiger partial charge in [-0.25, -0.2) is 0 Å². The Balaban J connectivity index is 1.81. The third-order valence-electron chi connectivity index (χ3n) is 4.63. The summed E-state index contributed by atoms with van der Waals surface area (Å²) >= 11 is 0. The largest absolute Gasteiger partial charge is 0.466 e. The van der Waals surface area contributed by atoms with Crippen molar-refractivity contribution in [2.75, 3.05) is 26.3 Å². The van der Waals surface area contributed by atoms with E-state index in [-0.39, 0.29) is 41.4 Å². The normalized spacial score (nSPS) is 14.6. The molecular weight excluding hydrogens is 372 g/mol. The summed E-state index contributed by atoms with van der Waals surface area (Å²) in [6.07, 6.45) is 1.02. The van der Waals surface area contributed by atoms with E-state index in [4.69, 9.17) is 9.47 Å². The lowest BCUT2D eigenvalue weighted by Gasteiger charge is -2.30. The third-order valence-corrected chi connectivity index (χ3v) is 4.63. The molecular formula is C17H24N4O7. The molecule has 0 unspecified atom stereocenters. The van der Waals surface area contributed by atoms with Crippen molar-refractivity contribution >= 4 is 23.5 Å². The van der Waals surface area contributed by atoms with Crippen LogP contribution in [0.25, 0.3) is 0 Å². The lowest BCUT2D eigenvalue weighted by atomic mass is 9.97. The van der Waals surface area contributed by atoms with Crippen LogP contribution in [-0.4, -0.2) is 63.8 Å². The van der Waals surface area contributed by atoms with E-state index >= 15 is 0 Å². The summed E-state index contributed by atoms with van der Waals surface area (Å²) in [7, 11) is 0. The second kappa shape index (κ2) is 9.29. The molecule has 1 amide bonds. The van der Waals surface area contributed by atoms with Crippen LogP contribution in [0.4, 0.5) is 5.69 Å². The van der Waals surface area contributed by atoms with Gasteiger partial charge in [0.05, 0.1) is 17.4 Å². The Morgan fingerprint density at radius 1 is 1.21 bits per heavy atom. The van der Waals surface area contributed by atoms with Crippen LogP contribution in [0.5, 0.6) is 0 Å². The maximum absolute atomic E-state index is 12.2. The Kier molecular flexibility index (Phi) is 7.07. The number of hydrogen-bond donors (Lipinski definition) is 0. The zero-order valence-electron chi connectivity index (χ0n) is 16.2. The van der Waals surface area contributed by atoms with Gasteiger partial charge in [-0.15, -0.1) is 0 Å². The van der Waals surface area contributed by atoms with Crippen LogP contribution < -0.4 is 0 Å². The molecule has 0 aliphatic carbocycles. The molecule has 1 aliphatic heterocycles. The minimum absolute atomic E-state index is 0.145. The molecule has 0 bridgehead atoms. The van der Waals surface area contributed by atoms with Crippen molar-refractivity contribution in [3.05, 3.63) is 21.5 Å². The van der Waals surface area contributed by atoms with Crippen molar-refractivity contribution in [1.82, 2.24) is 14.7 Å². The Hall–Kier alpha value is -2.98. The standard InChI is InChI=1S/C17H24N4O7/c1-4-27-17(24)13-5-7-19(8-6-13)14(22)10-28-15(23)9-20-12(3)16(21(25)26)11(2)18-20/h13H,4-10H2,1-3H3. The van der Waals surface area contributed by atoms with Crippen LogP contribution in [0.15, 0.2) is 0 Å². The fraction of sp³-hybridized carbons (Fsp3) is 0.647. The van der Waals surface area contributed by atoms with Crippen molar-refractivity contribution in [3.8, 4) is 0 Å². The zero-order valence-corrected chi connectivity index (χ0v) is 16.2. The molecule has 0 atom stereocenters. The average Bonchev–Trinajstić information content (AvgIpc) is 2.93. The van der Waals surface area contributed by atoms with Gasteiger partial charge in [0.25, 0.3) is 5.91 Å². The van der Waals surface area contributed by atoms with Crippen molar-refractivity contribution < 1.29 is 28.8 Å². The van der Waals surface area contributed by atoms with Gasteiger partial charge >= 0.3 is 17.6 Å². The Labute approximate surface area is 161 Å². The Morgan fingerprint density at radius 2 is 1.86 bits per heavy atom. The third kappa shape index (κ3) is 5.05.